The summed E-state index contributed by atoms with van der Waals surface area (Å²) in [6.07, 6.45) is 0. The Hall–Kier alpha value is -1.97. The molecule has 1 heterocycles. The monoisotopic (exact) mass is 218 g/mol. The summed E-state index contributed by atoms with van der Waals surface area (Å²) in [5.74, 6) is 0.107. The second kappa shape index (κ2) is 3.89. The van der Waals surface area contributed by atoms with Gasteiger partial charge in [-0.15, -0.1) is 0 Å². The van der Waals surface area contributed by atoms with Crippen LogP contribution in [0.1, 0.15) is 17.4 Å². The molecule has 0 bridgehead atoms. The van der Waals surface area contributed by atoms with Crippen molar-refractivity contribution in [3.63, 3.8) is 0 Å². The molecule has 1 amide bonds. The number of nitrogens with zero attached hydrogens (tertiary/aromatic N) is 1. The highest BCUT2D eigenvalue weighted by Gasteiger charge is 2.19. The van der Waals surface area contributed by atoms with E-state index in [-0.39, 0.29) is 0 Å². The van der Waals surface area contributed by atoms with Crippen LogP contribution in [0.5, 0.6) is 5.75 Å². The van der Waals surface area contributed by atoms with Crippen LogP contribution in [0.4, 0.5) is 0 Å². The summed E-state index contributed by atoms with van der Waals surface area (Å²) in [5, 5.41) is 0.917. The molecule has 0 aliphatic carbocycles. The molecule has 2 rings (SSSR count). The molecule has 2 aromatic rings. The van der Waals surface area contributed by atoms with Gasteiger partial charge in [0.15, 0.2) is 5.75 Å². The Morgan fingerprint density at radius 3 is 2.75 bits per heavy atom. The van der Waals surface area contributed by atoms with Crippen LogP contribution in [-0.4, -0.2) is 17.1 Å². The first-order valence-electron chi connectivity index (χ1n) is 5.16. The number of aromatic nitrogens is 1. The maximum atomic E-state index is 11.4. The first kappa shape index (κ1) is 10.5. The molecule has 0 unspecified atom stereocenters. The van der Waals surface area contributed by atoms with Crippen LogP contribution < -0.4 is 10.5 Å². The van der Waals surface area contributed by atoms with Crippen LogP contribution in [0, 0.1) is 0 Å². The normalized spacial score (nSPS) is 10.6. The fourth-order valence-corrected chi connectivity index (χ4v) is 1.93. The Labute approximate surface area is 93.6 Å². The number of amides is 1. The lowest BCUT2D eigenvalue weighted by molar-refractivity contribution is 0.0989. The lowest BCUT2D eigenvalue weighted by Crippen LogP contribution is -2.16. The molecule has 0 atom stereocenters. The average molecular weight is 218 g/mol. The number of ether oxygens (including phenoxy) is 1. The van der Waals surface area contributed by atoms with E-state index in [2.05, 4.69) is 0 Å². The van der Waals surface area contributed by atoms with E-state index in [9.17, 15) is 4.79 Å². The smallest absolute Gasteiger partial charge is 0.269 e. The van der Waals surface area contributed by atoms with Crippen LogP contribution in [0.3, 0.4) is 0 Å². The summed E-state index contributed by atoms with van der Waals surface area (Å²) in [4.78, 5) is 11.4. The van der Waals surface area contributed by atoms with Gasteiger partial charge in [-0.3, -0.25) is 4.79 Å². The molecule has 0 aliphatic rings. The standard InChI is InChI=1S/C12H14N2O2/c1-3-16-11-8-6-4-5-7-9(8)14(2)10(11)12(13)15/h4-7H,3H2,1-2H3,(H2,13,15). The van der Waals surface area contributed by atoms with Crippen molar-refractivity contribution in [3.05, 3.63) is 30.0 Å². The number of benzene rings is 1. The fourth-order valence-electron chi connectivity index (χ4n) is 1.93. The minimum Gasteiger partial charge on any atom is -0.491 e. The Balaban J connectivity index is 2.80. The molecular weight excluding hydrogens is 204 g/mol. The third-order valence-electron chi connectivity index (χ3n) is 2.58. The molecule has 0 spiro atoms. The number of hydrogen-bond acceptors (Lipinski definition) is 2. The molecule has 84 valence electrons. The third-order valence-corrected chi connectivity index (χ3v) is 2.58. The minimum atomic E-state index is -0.470. The molecule has 0 saturated carbocycles. The molecule has 0 aliphatic heterocycles. The number of carbonyl (C=O) groups excluding carboxylic acids is 1. The van der Waals surface area contributed by atoms with Crippen molar-refractivity contribution >= 4 is 16.8 Å². The van der Waals surface area contributed by atoms with Gasteiger partial charge in [0.2, 0.25) is 0 Å². The van der Waals surface area contributed by atoms with E-state index in [0.717, 1.165) is 10.9 Å². The second-order valence-electron chi connectivity index (χ2n) is 3.55. The molecule has 1 aromatic heterocycles. The number of aryl methyl sites for hydroxylation is 1. The number of carbonyl (C=O) groups is 1. The fraction of sp³-hybridized carbons (Fsp3) is 0.250. The zero-order chi connectivity index (χ0) is 11.7. The summed E-state index contributed by atoms with van der Waals surface area (Å²) in [5.41, 5.74) is 6.73. The van der Waals surface area contributed by atoms with Crippen molar-refractivity contribution in [2.45, 2.75) is 6.92 Å². The zero-order valence-electron chi connectivity index (χ0n) is 9.36. The summed E-state index contributed by atoms with van der Waals surface area (Å²) in [6, 6.07) is 7.69. The van der Waals surface area contributed by atoms with Crippen LogP contribution in [0.2, 0.25) is 0 Å². The molecule has 1 aromatic carbocycles. The number of hydrogen-bond donors (Lipinski definition) is 1. The van der Waals surface area contributed by atoms with Crippen LogP contribution in [-0.2, 0) is 7.05 Å². The highest BCUT2D eigenvalue weighted by molar-refractivity contribution is 6.03. The molecule has 4 nitrogen and oxygen atoms in total. The molecule has 2 N–H and O–H groups in total. The summed E-state index contributed by atoms with van der Waals surface area (Å²) >= 11 is 0. The Kier molecular flexibility index (Phi) is 2.56. The van der Waals surface area contributed by atoms with E-state index in [4.69, 9.17) is 10.5 Å². The summed E-state index contributed by atoms with van der Waals surface area (Å²) < 4.78 is 7.28. The zero-order valence-corrected chi connectivity index (χ0v) is 9.36. The van der Waals surface area contributed by atoms with E-state index >= 15 is 0 Å². The first-order chi connectivity index (χ1) is 7.66. The average Bonchev–Trinajstić information content (AvgIpc) is 2.54. The van der Waals surface area contributed by atoms with Gasteiger partial charge in [-0.25, -0.2) is 0 Å². The van der Waals surface area contributed by atoms with Gasteiger partial charge < -0.3 is 15.0 Å². The lowest BCUT2D eigenvalue weighted by atomic mass is 10.2. The maximum absolute atomic E-state index is 11.4. The number of rotatable bonds is 3. The summed E-state index contributed by atoms with van der Waals surface area (Å²) in [7, 11) is 1.81. The van der Waals surface area contributed by atoms with E-state index in [1.54, 1.807) is 4.57 Å². The van der Waals surface area contributed by atoms with Gasteiger partial charge in [0.05, 0.1) is 12.1 Å². The molecule has 0 fully saturated rings. The summed E-state index contributed by atoms with van der Waals surface area (Å²) in [6.45, 7) is 2.39. The SMILES string of the molecule is CCOc1c(C(N)=O)n(C)c2ccccc12. The molecule has 16 heavy (non-hydrogen) atoms. The number of para-hydroxylation sites is 1. The molecule has 4 heteroatoms. The predicted molar refractivity (Wildman–Crippen MR) is 62.6 cm³/mol. The van der Waals surface area contributed by atoms with Gasteiger partial charge in [0.1, 0.15) is 5.69 Å². The van der Waals surface area contributed by atoms with Gasteiger partial charge in [0.25, 0.3) is 5.91 Å². The number of fused-ring (bicyclic) bond motifs is 1. The van der Waals surface area contributed by atoms with Crippen molar-refractivity contribution in [1.82, 2.24) is 4.57 Å². The van der Waals surface area contributed by atoms with Gasteiger partial charge in [0, 0.05) is 12.4 Å². The van der Waals surface area contributed by atoms with Gasteiger partial charge in [-0.05, 0) is 19.1 Å². The van der Waals surface area contributed by atoms with Crippen LogP contribution in [0.15, 0.2) is 24.3 Å². The van der Waals surface area contributed by atoms with Gasteiger partial charge in [-0.1, -0.05) is 12.1 Å². The number of nitrogens with two attached hydrogens (primary N) is 1. The molecular formula is C12H14N2O2. The third kappa shape index (κ3) is 1.43. The van der Waals surface area contributed by atoms with E-state index < -0.39 is 5.91 Å². The Bertz CT molecular complexity index is 543. The van der Waals surface area contributed by atoms with E-state index in [1.807, 2.05) is 38.2 Å². The highest BCUT2D eigenvalue weighted by atomic mass is 16.5. The first-order valence-corrected chi connectivity index (χ1v) is 5.16. The second-order valence-corrected chi connectivity index (χ2v) is 3.55. The maximum Gasteiger partial charge on any atom is 0.269 e. The van der Waals surface area contributed by atoms with Crippen molar-refractivity contribution in [3.8, 4) is 5.75 Å². The van der Waals surface area contributed by atoms with Crippen molar-refractivity contribution in [2.24, 2.45) is 12.8 Å². The van der Waals surface area contributed by atoms with E-state index in [1.165, 1.54) is 0 Å². The van der Waals surface area contributed by atoms with Crippen molar-refractivity contribution in [1.29, 1.82) is 0 Å². The van der Waals surface area contributed by atoms with Crippen molar-refractivity contribution in [2.75, 3.05) is 6.61 Å². The highest BCUT2D eigenvalue weighted by Crippen LogP contribution is 2.32. The quantitative estimate of drug-likeness (QED) is 0.852. The number of primary amides is 1. The predicted octanol–water partition coefficient (Wildman–Crippen LogP) is 1.68. The van der Waals surface area contributed by atoms with Crippen LogP contribution in [0.25, 0.3) is 10.9 Å². The molecule has 0 radical (unpaired) electrons. The molecule has 0 saturated heterocycles. The largest absolute Gasteiger partial charge is 0.491 e. The van der Waals surface area contributed by atoms with E-state index in [0.29, 0.717) is 18.1 Å². The van der Waals surface area contributed by atoms with Gasteiger partial charge in [-0.2, -0.15) is 0 Å². The minimum absolute atomic E-state index is 0.419. The lowest BCUT2D eigenvalue weighted by Gasteiger charge is -2.04. The Morgan fingerprint density at radius 2 is 2.12 bits per heavy atom. The topological polar surface area (TPSA) is 57.2 Å². The van der Waals surface area contributed by atoms with Crippen molar-refractivity contribution < 1.29 is 9.53 Å². The van der Waals surface area contributed by atoms with Crippen LogP contribution >= 0.6 is 0 Å². The van der Waals surface area contributed by atoms with Gasteiger partial charge >= 0.3 is 0 Å². The Morgan fingerprint density at radius 1 is 1.44 bits per heavy atom.